The molecule has 3 aromatic rings. The molecule has 0 radical (unpaired) electrons. The number of β-amino-alcohol motifs (C(OH)–C–C–N with tert-alkyl or cyclic N) is 1. The van der Waals surface area contributed by atoms with Crippen LogP contribution in [-0.2, 0) is 0 Å². The van der Waals surface area contributed by atoms with Crippen LogP contribution >= 0.6 is 23.2 Å². The average Bonchev–Trinajstić information content (AvgIpc) is 3.41. The van der Waals surface area contributed by atoms with Gasteiger partial charge in [-0.05, 0) is 43.5 Å². The molecule has 1 aliphatic heterocycles. The van der Waals surface area contributed by atoms with Crippen molar-refractivity contribution in [2.75, 3.05) is 23.3 Å². The molecule has 8 heteroatoms. The number of aromatic nitrogens is 3. The number of aliphatic hydroxyl groups is 1. The van der Waals surface area contributed by atoms with Crippen molar-refractivity contribution in [3.8, 4) is 11.3 Å². The summed E-state index contributed by atoms with van der Waals surface area (Å²) in [5.74, 6) is 1.57. The molecular weight excluding hydrogens is 421 g/mol. The van der Waals surface area contributed by atoms with Crippen molar-refractivity contribution in [2.24, 2.45) is 0 Å². The van der Waals surface area contributed by atoms with Crippen molar-refractivity contribution in [1.29, 1.82) is 0 Å². The van der Waals surface area contributed by atoms with E-state index in [0.29, 0.717) is 22.6 Å². The first-order valence-corrected chi connectivity index (χ1v) is 11.2. The minimum absolute atomic E-state index is 0.307. The van der Waals surface area contributed by atoms with Crippen LogP contribution in [0.2, 0.25) is 10.0 Å². The predicted molar refractivity (Wildman–Crippen MR) is 122 cm³/mol. The van der Waals surface area contributed by atoms with Crippen LogP contribution in [0.5, 0.6) is 0 Å². The number of hydrogen-bond acceptors (Lipinski definition) is 6. The molecule has 1 atom stereocenters. The van der Waals surface area contributed by atoms with E-state index in [1.54, 1.807) is 6.20 Å². The second-order valence-corrected chi connectivity index (χ2v) is 8.94. The lowest BCUT2D eigenvalue weighted by molar-refractivity contribution is 0.198. The molecule has 1 aliphatic carbocycles. The average molecular weight is 444 g/mol. The van der Waals surface area contributed by atoms with Gasteiger partial charge in [0.05, 0.1) is 16.1 Å². The summed E-state index contributed by atoms with van der Waals surface area (Å²) in [6.45, 7) is 1.38. The molecule has 2 aromatic heterocycles. The highest BCUT2D eigenvalue weighted by Crippen LogP contribution is 2.37. The normalized spacial score (nSPS) is 19.7. The van der Waals surface area contributed by atoms with Crippen LogP contribution in [0, 0.1) is 0 Å². The maximum atomic E-state index is 9.87. The first-order valence-electron chi connectivity index (χ1n) is 10.4. The highest BCUT2D eigenvalue weighted by Gasteiger charge is 2.23. The van der Waals surface area contributed by atoms with E-state index in [9.17, 15) is 5.11 Å². The Bertz CT molecular complexity index is 1090. The summed E-state index contributed by atoms with van der Waals surface area (Å²) in [7, 11) is 0. The minimum atomic E-state index is -0.307. The van der Waals surface area contributed by atoms with Gasteiger partial charge in [-0.2, -0.15) is 0 Å². The molecular formula is C22H23Cl2N5O. The van der Waals surface area contributed by atoms with Crippen molar-refractivity contribution < 1.29 is 5.11 Å². The van der Waals surface area contributed by atoms with Gasteiger partial charge in [-0.15, -0.1) is 10.2 Å². The molecule has 1 saturated carbocycles. The van der Waals surface area contributed by atoms with E-state index in [1.807, 2.05) is 24.3 Å². The Labute approximate surface area is 185 Å². The van der Waals surface area contributed by atoms with Crippen molar-refractivity contribution in [1.82, 2.24) is 15.2 Å². The second kappa shape index (κ2) is 8.17. The van der Waals surface area contributed by atoms with Gasteiger partial charge in [0.2, 0.25) is 0 Å². The van der Waals surface area contributed by atoms with Gasteiger partial charge < -0.3 is 15.3 Å². The van der Waals surface area contributed by atoms with E-state index in [-0.39, 0.29) is 6.10 Å². The van der Waals surface area contributed by atoms with Gasteiger partial charge in [-0.1, -0.05) is 36.0 Å². The van der Waals surface area contributed by atoms with Crippen LogP contribution in [-0.4, -0.2) is 45.5 Å². The topological polar surface area (TPSA) is 74.2 Å². The maximum absolute atomic E-state index is 9.87. The number of anilines is 2. The Kier molecular flexibility index (Phi) is 5.39. The SMILES string of the molecule is OC1CCN(c2cc(-c3nnc(NC4CCCC4)c4cc(Cl)c(Cl)cc34)ccn2)C1. The lowest BCUT2D eigenvalue weighted by Gasteiger charge is -2.18. The molecule has 2 N–H and O–H groups in total. The zero-order valence-electron chi connectivity index (χ0n) is 16.5. The monoisotopic (exact) mass is 443 g/mol. The molecule has 1 saturated heterocycles. The number of nitrogens with zero attached hydrogens (tertiary/aromatic N) is 4. The van der Waals surface area contributed by atoms with Crippen molar-refractivity contribution in [3.63, 3.8) is 0 Å². The molecule has 0 amide bonds. The smallest absolute Gasteiger partial charge is 0.156 e. The van der Waals surface area contributed by atoms with E-state index in [1.165, 1.54) is 12.8 Å². The molecule has 1 aromatic carbocycles. The number of fused-ring (bicyclic) bond motifs is 1. The van der Waals surface area contributed by atoms with Gasteiger partial charge in [-0.3, -0.25) is 0 Å². The van der Waals surface area contributed by atoms with E-state index < -0.39 is 0 Å². The van der Waals surface area contributed by atoms with Gasteiger partial charge in [0.25, 0.3) is 0 Å². The quantitative estimate of drug-likeness (QED) is 0.595. The fourth-order valence-corrected chi connectivity index (χ4v) is 4.75. The van der Waals surface area contributed by atoms with Crippen LogP contribution in [0.15, 0.2) is 30.5 Å². The summed E-state index contributed by atoms with van der Waals surface area (Å²) in [5.41, 5.74) is 1.65. The molecule has 156 valence electrons. The van der Waals surface area contributed by atoms with Crippen LogP contribution < -0.4 is 10.2 Å². The Hall–Kier alpha value is -2.15. The van der Waals surface area contributed by atoms with Crippen LogP contribution in [0.4, 0.5) is 11.6 Å². The lowest BCUT2D eigenvalue weighted by atomic mass is 10.0. The predicted octanol–water partition coefficient (Wildman–Crippen LogP) is 4.92. The standard InChI is InChI=1S/C22H23Cl2N5O/c23-18-10-16-17(11-19(18)24)22(26-14-3-1-2-4-14)28-27-21(16)13-5-7-25-20(9-13)29-8-6-15(30)12-29/h5,7,9-11,14-15,30H,1-4,6,8,12H2,(H,26,28). The van der Waals surface area contributed by atoms with Gasteiger partial charge in [-0.25, -0.2) is 4.98 Å². The first-order chi connectivity index (χ1) is 14.6. The number of aliphatic hydroxyl groups excluding tert-OH is 1. The molecule has 0 spiro atoms. The summed E-state index contributed by atoms with van der Waals surface area (Å²) >= 11 is 12.7. The first kappa shape index (κ1) is 19.8. The number of benzene rings is 1. The highest BCUT2D eigenvalue weighted by atomic mass is 35.5. The minimum Gasteiger partial charge on any atom is -0.391 e. The van der Waals surface area contributed by atoms with Gasteiger partial charge >= 0.3 is 0 Å². The fourth-order valence-electron chi connectivity index (χ4n) is 4.42. The zero-order valence-corrected chi connectivity index (χ0v) is 18.0. The Morgan fingerprint density at radius 2 is 1.77 bits per heavy atom. The molecule has 0 bridgehead atoms. The van der Waals surface area contributed by atoms with Crippen LogP contribution in [0.3, 0.4) is 0 Å². The molecule has 30 heavy (non-hydrogen) atoms. The van der Waals surface area contributed by atoms with Crippen molar-refractivity contribution in [3.05, 3.63) is 40.5 Å². The summed E-state index contributed by atoms with van der Waals surface area (Å²) in [4.78, 5) is 6.57. The number of pyridine rings is 1. The van der Waals surface area contributed by atoms with Gasteiger partial charge in [0.15, 0.2) is 5.82 Å². The lowest BCUT2D eigenvalue weighted by Crippen LogP contribution is -2.22. The zero-order chi connectivity index (χ0) is 20.7. The van der Waals surface area contributed by atoms with Gasteiger partial charge in [0, 0.05) is 41.7 Å². The summed E-state index contributed by atoms with van der Waals surface area (Å²) < 4.78 is 0. The molecule has 6 nitrogen and oxygen atoms in total. The third kappa shape index (κ3) is 3.80. The van der Waals surface area contributed by atoms with Crippen LogP contribution in [0.25, 0.3) is 22.0 Å². The third-order valence-corrected chi connectivity index (χ3v) is 6.75. The Morgan fingerprint density at radius 3 is 2.50 bits per heavy atom. The molecule has 2 aliphatic rings. The maximum Gasteiger partial charge on any atom is 0.156 e. The molecule has 1 unspecified atom stereocenters. The second-order valence-electron chi connectivity index (χ2n) is 8.13. The Balaban J connectivity index is 1.58. The Morgan fingerprint density at radius 1 is 1.00 bits per heavy atom. The molecule has 3 heterocycles. The van der Waals surface area contributed by atoms with E-state index in [0.717, 1.165) is 59.5 Å². The van der Waals surface area contributed by atoms with Gasteiger partial charge in [0.1, 0.15) is 11.5 Å². The van der Waals surface area contributed by atoms with Crippen LogP contribution in [0.1, 0.15) is 32.1 Å². The molecule has 2 fully saturated rings. The number of halogens is 2. The van der Waals surface area contributed by atoms with E-state index in [4.69, 9.17) is 23.2 Å². The number of nitrogens with one attached hydrogen (secondary N) is 1. The largest absolute Gasteiger partial charge is 0.391 e. The van der Waals surface area contributed by atoms with Crippen molar-refractivity contribution >= 4 is 45.6 Å². The fraction of sp³-hybridized carbons (Fsp3) is 0.409. The summed E-state index contributed by atoms with van der Waals surface area (Å²) in [5, 5.41) is 25.3. The van der Waals surface area contributed by atoms with E-state index >= 15 is 0 Å². The van der Waals surface area contributed by atoms with E-state index in [2.05, 4.69) is 25.4 Å². The highest BCUT2D eigenvalue weighted by molar-refractivity contribution is 6.43. The number of hydrogen-bond donors (Lipinski definition) is 2. The summed E-state index contributed by atoms with van der Waals surface area (Å²) in [6, 6.07) is 8.06. The molecule has 5 rings (SSSR count). The summed E-state index contributed by atoms with van der Waals surface area (Å²) in [6.07, 6.45) is 6.97. The van der Waals surface area contributed by atoms with Crippen molar-refractivity contribution in [2.45, 2.75) is 44.2 Å². The third-order valence-electron chi connectivity index (χ3n) is 6.02. The number of rotatable bonds is 4.